The fraction of sp³-hybridized carbons (Fsp3) is 0.292. The molecule has 0 unspecified atom stereocenters. The van der Waals surface area contributed by atoms with Crippen LogP contribution in [0.5, 0.6) is 5.75 Å². The van der Waals surface area contributed by atoms with Gasteiger partial charge in [-0.2, -0.15) is 5.10 Å². The summed E-state index contributed by atoms with van der Waals surface area (Å²) in [6.45, 7) is 2.64. The van der Waals surface area contributed by atoms with E-state index in [2.05, 4.69) is 5.10 Å². The number of Topliss-reactive ketones (excluding diaryl/α,β-unsaturated/α-hetero) is 1. The van der Waals surface area contributed by atoms with Gasteiger partial charge >= 0.3 is 0 Å². The molecule has 1 aromatic heterocycles. The van der Waals surface area contributed by atoms with Crippen molar-refractivity contribution in [3.8, 4) is 11.4 Å². The molecule has 0 saturated carbocycles. The molecule has 1 aliphatic heterocycles. The van der Waals surface area contributed by atoms with Crippen molar-refractivity contribution in [2.24, 2.45) is 5.92 Å². The highest BCUT2D eigenvalue weighted by atomic mass is 35.5. The van der Waals surface area contributed by atoms with E-state index in [1.54, 1.807) is 55.3 Å². The number of carbonyl (C=O) groups excluding carboxylic acids is 2. The van der Waals surface area contributed by atoms with Crippen molar-refractivity contribution in [1.29, 1.82) is 0 Å². The van der Waals surface area contributed by atoms with Gasteiger partial charge in [-0.3, -0.25) is 9.59 Å². The summed E-state index contributed by atoms with van der Waals surface area (Å²) in [5, 5.41) is 4.56. The van der Waals surface area contributed by atoms with Crippen LogP contribution >= 0.6 is 11.6 Å². The van der Waals surface area contributed by atoms with E-state index in [0.717, 1.165) is 0 Å². The average molecular weight is 456 g/mol. The second-order valence-corrected chi connectivity index (χ2v) is 8.16. The summed E-state index contributed by atoms with van der Waals surface area (Å²) in [5.41, 5.74) is 2.05. The van der Waals surface area contributed by atoms with Gasteiger partial charge in [0.05, 0.1) is 24.1 Å². The molecule has 0 spiro atoms. The van der Waals surface area contributed by atoms with Crippen molar-refractivity contribution < 1.29 is 18.7 Å². The first-order chi connectivity index (χ1) is 15.4. The van der Waals surface area contributed by atoms with Gasteiger partial charge in [0.15, 0.2) is 5.78 Å². The summed E-state index contributed by atoms with van der Waals surface area (Å²) in [4.78, 5) is 27.7. The van der Waals surface area contributed by atoms with E-state index < -0.39 is 0 Å². The minimum absolute atomic E-state index is 0.0816. The highest BCUT2D eigenvalue weighted by Gasteiger charge is 2.31. The number of carbonyl (C=O) groups is 2. The van der Waals surface area contributed by atoms with Crippen LogP contribution in [0.2, 0.25) is 5.15 Å². The Morgan fingerprint density at radius 2 is 1.69 bits per heavy atom. The molecule has 4 rings (SSSR count). The number of likely N-dealkylation sites (tertiary alicyclic amines) is 1. The fourth-order valence-corrected chi connectivity index (χ4v) is 4.34. The van der Waals surface area contributed by atoms with Gasteiger partial charge in [-0.05, 0) is 68.3 Å². The van der Waals surface area contributed by atoms with Crippen LogP contribution in [-0.4, -0.2) is 46.6 Å². The summed E-state index contributed by atoms with van der Waals surface area (Å²) < 4.78 is 19.8. The zero-order chi connectivity index (χ0) is 22.8. The molecule has 0 aliphatic carbocycles. The van der Waals surface area contributed by atoms with Gasteiger partial charge in [-0.25, -0.2) is 9.07 Å². The molecule has 3 aromatic rings. The number of hydrogen-bond donors (Lipinski definition) is 0. The second-order valence-electron chi connectivity index (χ2n) is 7.80. The van der Waals surface area contributed by atoms with Gasteiger partial charge in [0.2, 0.25) is 0 Å². The first-order valence-corrected chi connectivity index (χ1v) is 10.8. The van der Waals surface area contributed by atoms with Gasteiger partial charge in [-0.15, -0.1) is 0 Å². The normalized spacial score (nSPS) is 14.4. The third-order valence-electron chi connectivity index (χ3n) is 5.82. The molecule has 1 amide bonds. The van der Waals surface area contributed by atoms with Crippen LogP contribution in [0.15, 0.2) is 48.5 Å². The lowest BCUT2D eigenvalue weighted by atomic mass is 9.88. The Balaban J connectivity index is 1.45. The molecule has 166 valence electrons. The van der Waals surface area contributed by atoms with Gasteiger partial charge in [0.1, 0.15) is 16.7 Å². The minimum atomic E-state index is -0.364. The molecule has 0 atom stereocenters. The van der Waals surface area contributed by atoms with Crippen LogP contribution in [0.4, 0.5) is 4.39 Å². The van der Waals surface area contributed by atoms with E-state index >= 15 is 0 Å². The SMILES string of the molecule is COc1ccc(C(=O)C2CCN(C(=O)c3c(C)nn(-c4ccc(F)cc4)c3Cl)CC2)cc1. The van der Waals surface area contributed by atoms with Crippen LogP contribution in [0, 0.1) is 18.7 Å². The number of hydrogen-bond acceptors (Lipinski definition) is 4. The van der Waals surface area contributed by atoms with Crippen LogP contribution in [0.3, 0.4) is 0 Å². The predicted molar refractivity (Wildman–Crippen MR) is 119 cm³/mol. The topological polar surface area (TPSA) is 64.4 Å². The van der Waals surface area contributed by atoms with E-state index in [0.29, 0.717) is 54.2 Å². The summed E-state index contributed by atoms with van der Waals surface area (Å²) in [6, 6.07) is 12.8. The molecular formula is C24H23ClFN3O3. The zero-order valence-electron chi connectivity index (χ0n) is 17.8. The molecule has 2 aromatic carbocycles. The first-order valence-electron chi connectivity index (χ1n) is 10.4. The number of halogens is 2. The maximum atomic E-state index is 13.2. The smallest absolute Gasteiger partial charge is 0.258 e. The van der Waals surface area contributed by atoms with Gasteiger partial charge < -0.3 is 9.64 Å². The fourth-order valence-electron chi connectivity index (χ4n) is 3.99. The highest BCUT2D eigenvalue weighted by molar-refractivity contribution is 6.33. The lowest BCUT2D eigenvalue weighted by Crippen LogP contribution is -2.40. The highest BCUT2D eigenvalue weighted by Crippen LogP contribution is 2.28. The number of ether oxygens (including phenoxy) is 1. The number of rotatable bonds is 5. The average Bonchev–Trinajstić information content (AvgIpc) is 3.12. The number of methoxy groups -OCH3 is 1. The molecule has 0 bridgehead atoms. The van der Waals surface area contributed by atoms with Crippen molar-refractivity contribution in [3.63, 3.8) is 0 Å². The lowest BCUT2D eigenvalue weighted by Gasteiger charge is -2.31. The second kappa shape index (κ2) is 9.12. The Hall–Kier alpha value is -3.19. The van der Waals surface area contributed by atoms with Crippen LogP contribution in [0.25, 0.3) is 5.69 Å². The van der Waals surface area contributed by atoms with E-state index in [1.807, 2.05) is 0 Å². The summed E-state index contributed by atoms with van der Waals surface area (Å²) in [6.07, 6.45) is 1.17. The van der Waals surface area contributed by atoms with Gasteiger partial charge in [0, 0.05) is 24.6 Å². The Kier molecular flexibility index (Phi) is 6.28. The number of aryl methyl sites for hydroxylation is 1. The number of piperidine rings is 1. The number of nitrogens with zero attached hydrogens (tertiary/aromatic N) is 3. The summed E-state index contributed by atoms with van der Waals surface area (Å²) in [5.74, 6) is 0.0766. The maximum absolute atomic E-state index is 13.2. The number of benzene rings is 2. The van der Waals surface area contributed by atoms with Crippen LogP contribution < -0.4 is 4.74 Å². The first kappa shape index (κ1) is 22.0. The largest absolute Gasteiger partial charge is 0.497 e. The van der Waals surface area contributed by atoms with E-state index in [4.69, 9.17) is 16.3 Å². The third-order valence-corrected chi connectivity index (χ3v) is 6.17. The molecule has 0 N–H and O–H groups in total. The van der Waals surface area contributed by atoms with E-state index in [9.17, 15) is 14.0 Å². The Labute approximate surface area is 190 Å². The molecule has 2 heterocycles. The molecule has 1 saturated heterocycles. The van der Waals surface area contributed by atoms with Crippen molar-refractivity contribution in [2.75, 3.05) is 20.2 Å². The minimum Gasteiger partial charge on any atom is -0.497 e. The third kappa shape index (κ3) is 4.25. The number of ketones is 1. The van der Waals surface area contributed by atoms with Crippen molar-refractivity contribution in [3.05, 3.63) is 76.3 Å². The lowest BCUT2D eigenvalue weighted by molar-refractivity contribution is 0.0650. The molecule has 32 heavy (non-hydrogen) atoms. The molecule has 1 fully saturated rings. The van der Waals surface area contributed by atoms with Crippen molar-refractivity contribution in [2.45, 2.75) is 19.8 Å². The monoisotopic (exact) mass is 455 g/mol. The summed E-state index contributed by atoms with van der Waals surface area (Å²) in [7, 11) is 1.58. The summed E-state index contributed by atoms with van der Waals surface area (Å²) >= 11 is 6.50. The van der Waals surface area contributed by atoms with Crippen LogP contribution in [0.1, 0.15) is 39.3 Å². The van der Waals surface area contributed by atoms with E-state index in [-0.39, 0.29) is 28.6 Å². The van der Waals surface area contributed by atoms with Crippen LogP contribution in [-0.2, 0) is 0 Å². The Morgan fingerprint density at radius 1 is 1.06 bits per heavy atom. The number of amides is 1. The van der Waals surface area contributed by atoms with Crippen molar-refractivity contribution in [1.82, 2.24) is 14.7 Å². The standard InChI is InChI=1S/C24H23ClFN3O3/c1-15-21(23(25)29(27-15)19-7-5-18(26)6-8-19)24(31)28-13-11-17(12-14-28)22(30)16-3-9-20(32-2)10-4-16/h3-10,17H,11-14H2,1-2H3. The Bertz CT molecular complexity index is 1130. The number of aromatic nitrogens is 2. The molecular weight excluding hydrogens is 433 g/mol. The van der Waals surface area contributed by atoms with Gasteiger partial charge in [-0.1, -0.05) is 11.6 Å². The molecule has 6 nitrogen and oxygen atoms in total. The van der Waals surface area contributed by atoms with Gasteiger partial charge in [0.25, 0.3) is 5.91 Å². The molecule has 8 heteroatoms. The maximum Gasteiger partial charge on any atom is 0.258 e. The van der Waals surface area contributed by atoms with E-state index in [1.165, 1.54) is 16.8 Å². The zero-order valence-corrected chi connectivity index (χ0v) is 18.6. The quantitative estimate of drug-likeness (QED) is 0.522. The Morgan fingerprint density at radius 3 is 2.28 bits per heavy atom. The molecule has 1 aliphatic rings. The predicted octanol–water partition coefficient (Wildman–Crippen LogP) is 4.72. The molecule has 0 radical (unpaired) electrons. The van der Waals surface area contributed by atoms with Crippen molar-refractivity contribution >= 4 is 23.3 Å².